The highest BCUT2D eigenvalue weighted by molar-refractivity contribution is 9.10. The van der Waals surface area contributed by atoms with Gasteiger partial charge in [-0.05, 0) is 17.7 Å². The summed E-state index contributed by atoms with van der Waals surface area (Å²) in [5, 5.41) is 8.32. The minimum atomic E-state index is -4.65. The first-order valence-corrected chi connectivity index (χ1v) is 5.25. The number of carbonyl (C=O) groups is 1. The van der Waals surface area contributed by atoms with Gasteiger partial charge in [-0.2, -0.15) is 13.2 Å². The first kappa shape index (κ1) is 14.0. The van der Waals surface area contributed by atoms with Crippen LogP contribution in [0.1, 0.15) is 11.7 Å². The van der Waals surface area contributed by atoms with Gasteiger partial charge in [-0.25, -0.2) is 4.79 Å². The van der Waals surface area contributed by atoms with Crippen LogP contribution in [0.15, 0.2) is 28.7 Å². The van der Waals surface area contributed by atoms with E-state index < -0.39 is 24.9 Å². The van der Waals surface area contributed by atoms with Crippen LogP contribution in [0.5, 0.6) is 0 Å². The summed E-state index contributed by atoms with van der Waals surface area (Å²) in [6, 6.07) is 5.31. The Hall–Kier alpha value is -1.08. The van der Waals surface area contributed by atoms with Crippen LogP contribution in [0.4, 0.5) is 13.2 Å². The number of hydrogen-bond acceptors (Lipinski definition) is 2. The zero-order valence-corrected chi connectivity index (χ0v) is 9.96. The van der Waals surface area contributed by atoms with E-state index in [1.807, 2.05) is 0 Å². The molecule has 0 heterocycles. The molecule has 0 fully saturated rings. The van der Waals surface area contributed by atoms with E-state index in [9.17, 15) is 18.0 Å². The maximum absolute atomic E-state index is 12.6. The number of hydrogen-bond donors (Lipinski definition) is 1. The lowest BCUT2D eigenvalue weighted by Crippen LogP contribution is -2.25. The SMILES string of the molecule is O=C(O)CO[C@@H](c1ccc(Br)cc1)C(F)(F)F. The third-order valence-electron chi connectivity index (χ3n) is 1.84. The molecule has 0 amide bonds. The van der Waals surface area contributed by atoms with Crippen LogP contribution in [-0.4, -0.2) is 23.9 Å². The van der Waals surface area contributed by atoms with E-state index in [0.717, 1.165) is 0 Å². The molecule has 0 aliphatic rings. The fourth-order valence-electron chi connectivity index (χ4n) is 1.17. The first-order valence-electron chi connectivity index (χ1n) is 4.46. The third-order valence-corrected chi connectivity index (χ3v) is 2.37. The number of carboxylic acid groups (broad SMARTS) is 1. The first-order chi connectivity index (χ1) is 7.80. The average Bonchev–Trinajstić information content (AvgIpc) is 2.18. The quantitative estimate of drug-likeness (QED) is 0.929. The molecule has 0 aromatic heterocycles. The van der Waals surface area contributed by atoms with E-state index in [4.69, 9.17) is 5.11 Å². The van der Waals surface area contributed by atoms with Crippen LogP contribution < -0.4 is 0 Å². The van der Waals surface area contributed by atoms with Gasteiger partial charge in [0.15, 0.2) is 6.10 Å². The molecule has 1 aromatic carbocycles. The number of ether oxygens (including phenoxy) is 1. The molecule has 17 heavy (non-hydrogen) atoms. The van der Waals surface area contributed by atoms with Crippen LogP contribution in [0, 0.1) is 0 Å². The summed E-state index contributed by atoms with van der Waals surface area (Å²) in [5.41, 5.74) is -0.137. The van der Waals surface area contributed by atoms with Crippen LogP contribution in [0.3, 0.4) is 0 Å². The molecule has 1 N–H and O–H groups in total. The van der Waals surface area contributed by atoms with Gasteiger partial charge in [-0.15, -0.1) is 0 Å². The Morgan fingerprint density at radius 3 is 2.29 bits per heavy atom. The van der Waals surface area contributed by atoms with Crippen molar-refractivity contribution in [2.45, 2.75) is 12.3 Å². The van der Waals surface area contributed by atoms with Gasteiger partial charge in [0, 0.05) is 4.47 Å². The molecule has 0 radical (unpaired) electrons. The summed E-state index contributed by atoms with van der Waals surface area (Å²) in [4.78, 5) is 10.2. The van der Waals surface area contributed by atoms with Gasteiger partial charge in [0.1, 0.15) is 6.61 Å². The standard InChI is InChI=1S/C10H8BrF3O3/c11-7-3-1-6(2-4-7)9(10(12,13)14)17-5-8(15)16/h1-4,9H,5H2,(H,15,16)/t9-/m0/s1. The van der Waals surface area contributed by atoms with Gasteiger partial charge < -0.3 is 9.84 Å². The topological polar surface area (TPSA) is 46.5 Å². The lowest BCUT2D eigenvalue weighted by Gasteiger charge is -2.20. The van der Waals surface area contributed by atoms with Crippen molar-refractivity contribution in [3.63, 3.8) is 0 Å². The number of rotatable bonds is 4. The summed E-state index contributed by atoms with van der Waals surface area (Å²) < 4.78 is 42.9. The Bertz CT molecular complexity index is 389. The van der Waals surface area contributed by atoms with Crippen LogP contribution in [0.25, 0.3) is 0 Å². The van der Waals surface area contributed by atoms with Gasteiger partial charge in [0.05, 0.1) is 0 Å². The van der Waals surface area contributed by atoms with Crippen molar-refractivity contribution in [2.24, 2.45) is 0 Å². The van der Waals surface area contributed by atoms with Crippen molar-refractivity contribution >= 4 is 21.9 Å². The largest absolute Gasteiger partial charge is 0.480 e. The minimum absolute atomic E-state index is 0.137. The number of alkyl halides is 3. The van der Waals surface area contributed by atoms with Gasteiger partial charge in [0.25, 0.3) is 0 Å². The highest BCUT2D eigenvalue weighted by atomic mass is 79.9. The number of benzene rings is 1. The smallest absolute Gasteiger partial charge is 0.418 e. The van der Waals surface area contributed by atoms with E-state index in [1.54, 1.807) is 0 Å². The molecule has 0 saturated heterocycles. The number of halogens is 4. The molecule has 0 saturated carbocycles. The van der Waals surface area contributed by atoms with Gasteiger partial charge in [-0.1, -0.05) is 28.1 Å². The van der Waals surface area contributed by atoms with Crippen molar-refractivity contribution in [1.82, 2.24) is 0 Å². The van der Waals surface area contributed by atoms with Crippen molar-refractivity contribution in [3.05, 3.63) is 34.3 Å². The molecule has 7 heteroatoms. The Kier molecular flexibility index (Phi) is 4.53. The average molecular weight is 313 g/mol. The zero-order valence-electron chi connectivity index (χ0n) is 8.37. The summed E-state index contributed by atoms with van der Waals surface area (Å²) in [6.45, 7) is -1.000. The molecule has 1 atom stereocenters. The molecule has 0 spiro atoms. The summed E-state index contributed by atoms with van der Waals surface area (Å²) >= 11 is 3.09. The van der Waals surface area contributed by atoms with Crippen LogP contribution >= 0.6 is 15.9 Å². The number of aliphatic carboxylic acids is 1. The Balaban J connectivity index is 2.90. The predicted octanol–water partition coefficient (Wildman–Crippen LogP) is 3.15. The number of carboxylic acids is 1. The monoisotopic (exact) mass is 312 g/mol. The molecule has 0 aliphatic carbocycles. The fraction of sp³-hybridized carbons (Fsp3) is 0.300. The highest BCUT2D eigenvalue weighted by Crippen LogP contribution is 2.36. The van der Waals surface area contributed by atoms with Crippen LogP contribution in [-0.2, 0) is 9.53 Å². The summed E-state index contributed by atoms with van der Waals surface area (Å²) in [6.07, 6.45) is -6.88. The van der Waals surface area contributed by atoms with E-state index in [2.05, 4.69) is 20.7 Å². The summed E-state index contributed by atoms with van der Waals surface area (Å²) in [7, 11) is 0. The molecule has 1 aromatic rings. The van der Waals surface area contributed by atoms with Crippen LogP contribution in [0.2, 0.25) is 0 Å². The molecular weight excluding hydrogens is 305 g/mol. The molecular formula is C10H8BrF3O3. The molecule has 0 bridgehead atoms. The van der Waals surface area contributed by atoms with E-state index >= 15 is 0 Å². The maximum atomic E-state index is 12.6. The molecule has 0 unspecified atom stereocenters. The van der Waals surface area contributed by atoms with Gasteiger partial charge in [0.2, 0.25) is 0 Å². The van der Waals surface area contributed by atoms with Crippen molar-refractivity contribution in [3.8, 4) is 0 Å². The summed E-state index contributed by atoms with van der Waals surface area (Å²) in [5.74, 6) is -1.45. The normalized spacial score (nSPS) is 13.4. The Morgan fingerprint density at radius 2 is 1.88 bits per heavy atom. The van der Waals surface area contributed by atoms with E-state index in [0.29, 0.717) is 4.47 Å². The second-order valence-electron chi connectivity index (χ2n) is 3.18. The lowest BCUT2D eigenvalue weighted by atomic mass is 10.1. The van der Waals surface area contributed by atoms with E-state index in [-0.39, 0.29) is 5.56 Å². The van der Waals surface area contributed by atoms with Gasteiger partial charge >= 0.3 is 12.1 Å². The zero-order chi connectivity index (χ0) is 13.1. The molecule has 3 nitrogen and oxygen atoms in total. The van der Waals surface area contributed by atoms with Crippen molar-refractivity contribution in [1.29, 1.82) is 0 Å². The third kappa shape index (κ3) is 4.35. The second-order valence-corrected chi connectivity index (χ2v) is 4.09. The minimum Gasteiger partial charge on any atom is -0.480 e. The predicted molar refractivity (Wildman–Crippen MR) is 56.5 cm³/mol. The molecule has 0 aliphatic heterocycles. The fourth-order valence-corrected chi connectivity index (χ4v) is 1.44. The van der Waals surface area contributed by atoms with Crippen molar-refractivity contribution in [2.75, 3.05) is 6.61 Å². The second kappa shape index (κ2) is 5.50. The molecule has 94 valence electrons. The van der Waals surface area contributed by atoms with E-state index in [1.165, 1.54) is 24.3 Å². The van der Waals surface area contributed by atoms with Crippen molar-refractivity contribution < 1.29 is 27.8 Å². The Labute approximate surface area is 103 Å². The maximum Gasteiger partial charge on any atom is 0.418 e. The lowest BCUT2D eigenvalue weighted by molar-refractivity contribution is -0.225. The van der Waals surface area contributed by atoms with Gasteiger partial charge in [-0.3, -0.25) is 0 Å². The molecule has 1 rings (SSSR count). The highest BCUT2D eigenvalue weighted by Gasteiger charge is 2.42. The Morgan fingerprint density at radius 1 is 1.35 bits per heavy atom.